The van der Waals surface area contributed by atoms with Gasteiger partial charge in [0, 0.05) is 6.07 Å². The van der Waals surface area contributed by atoms with Crippen LogP contribution in [-0.2, 0) is 6.61 Å². The van der Waals surface area contributed by atoms with Gasteiger partial charge in [0.2, 0.25) is 0 Å². The second-order valence-electron chi connectivity index (χ2n) is 9.68. The van der Waals surface area contributed by atoms with Crippen molar-refractivity contribution in [2.75, 3.05) is 13.2 Å². The van der Waals surface area contributed by atoms with Gasteiger partial charge in [-0.3, -0.25) is 0 Å². The molecule has 0 fully saturated rings. The molecule has 1 aromatic carbocycles. The Hall–Kier alpha value is -1.22. The molecule has 0 unspecified atom stereocenters. The lowest BCUT2D eigenvalue weighted by Gasteiger charge is -2.12. The van der Waals surface area contributed by atoms with Crippen LogP contribution in [0, 0.1) is 0 Å². The fourth-order valence-electron chi connectivity index (χ4n) is 4.27. The van der Waals surface area contributed by atoms with E-state index < -0.39 is 0 Å². The fourth-order valence-corrected chi connectivity index (χ4v) is 4.27. The van der Waals surface area contributed by atoms with Gasteiger partial charge in [-0.25, -0.2) is 0 Å². The first-order valence-electron chi connectivity index (χ1n) is 14.3. The molecule has 3 nitrogen and oxygen atoms in total. The van der Waals surface area contributed by atoms with Crippen LogP contribution in [0.1, 0.15) is 141 Å². The molecule has 0 bridgehead atoms. The van der Waals surface area contributed by atoms with Crippen molar-refractivity contribution >= 4 is 0 Å². The molecule has 3 heteroatoms. The molecule has 1 aromatic rings. The Balaban J connectivity index is 2.11. The highest BCUT2D eigenvalue weighted by molar-refractivity contribution is 5.38. The van der Waals surface area contributed by atoms with Crippen LogP contribution in [-0.4, -0.2) is 18.3 Å². The predicted molar refractivity (Wildman–Crippen MR) is 142 cm³/mol. The highest BCUT2D eigenvalue weighted by atomic mass is 16.5. The van der Waals surface area contributed by atoms with E-state index in [1.165, 1.54) is 109 Å². The number of aliphatic hydroxyl groups excluding tert-OH is 1. The summed E-state index contributed by atoms with van der Waals surface area (Å²) in [4.78, 5) is 0. The quantitative estimate of drug-likeness (QED) is 0.155. The maximum absolute atomic E-state index is 9.58. The van der Waals surface area contributed by atoms with Gasteiger partial charge in [-0.15, -0.1) is 0 Å². The summed E-state index contributed by atoms with van der Waals surface area (Å²) < 4.78 is 11.9. The first-order chi connectivity index (χ1) is 16.3. The third kappa shape index (κ3) is 17.9. The summed E-state index contributed by atoms with van der Waals surface area (Å²) in [5.41, 5.74) is 0.859. The molecule has 1 rings (SSSR count). The second kappa shape index (κ2) is 22.6. The van der Waals surface area contributed by atoms with Crippen molar-refractivity contribution < 1.29 is 14.6 Å². The van der Waals surface area contributed by atoms with E-state index in [9.17, 15) is 5.11 Å². The van der Waals surface area contributed by atoms with Crippen molar-refractivity contribution in [1.29, 1.82) is 0 Å². The van der Waals surface area contributed by atoms with Gasteiger partial charge in [-0.2, -0.15) is 0 Å². The average molecular weight is 463 g/mol. The Bertz CT molecular complexity index is 543. The number of benzene rings is 1. The molecule has 0 heterocycles. The van der Waals surface area contributed by atoms with Gasteiger partial charge in [-0.05, 0) is 30.5 Å². The van der Waals surface area contributed by atoms with Crippen molar-refractivity contribution in [3.05, 3.63) is 23.8 Å². The first kappa shape index (κ1) is 29.8. The normalized spacial score (nSPS) is 11.1. The van der Waals surface area contributed by atoms with Crippen molar-refractivity contribution in [1.82, 2.24) is 0 Å². The van der Waals surface area contributed by atoms with Gasteiger partial charge in [0.25, 0.3) is 0 Å². The topological polar surface area (TPSA) is 38.7 Å². The van der Waals surface area contributed by atoms with Crippen molar-refractivity contribution in [2.45, 2.75) is 142 Å². The summed E-state index contributed by atoms with van der Waals surface area (Å²) in [5, 5.41) is 9.58. The number of ether oxygens (including phenoxy) is 2. The number of unbranched alkanes of at least 4 members (excludes halogenated alkanes) is 17. The zero-order valence-corrected chi connectivity index (χ0v) is 22.1. The van der Waals surface area contributed by atoms with E-state index in [0.717, 1.165) is 43.1 Å². The Morgan fingerprint density at radius 3 is 1.15 bits per heavy atom. The van der Waals surface area contributed by atoms with Crippen molar-refractivity contribution in [2.24, 2.45) is 0 Å². The third-order valence-corrected chi connectivity index (χ3v) is 6.41. The minimum atomic E-state index is 0.0177. The molecule has 192 valence electrons. The lowest BCUT2D eigenvalue weighted by atomic mass is 10.1. The molecular weight excluding hydrogens is 408 g/mol. The predicted octanol–water partition coefficient (Wildman–Crippen LogP) is 9.39. The maximum Gasteiger partial charge on any atom is 0.123 e. The lowest BCUT2D eigenvalue weighted by molar-refractivity contribution is 0.271. The minimum absolute atomic E-state index is 0.0177. The largest absolute Gasteiger partial charge is 0.493 e. The zero-order chi connectivity index (χ0) is 23.8. The van der Waals surface area contributed by atoms with Crippen LogP contribution in [0.5, 0.6) is 11.5 Å². The molecule has 0 saturated carbocycles. The average Bonchev–Trinajstić information content (AvgIpc) is 2.83. The van der Waals surface area contributed by atoms with E-state index in [1.807, 2.05) is 18.2 Å². The Kier molecular flexibility index (Phi) is 20.4. The van der Waals surface area contributed by atoms with Gasteiger partial charge in [-0.1, -0.05) is 123 Å². The van der Waals surface area contributed by atoms with E-state index in [2.05, 4.69) is 13.8 Å². The van der Waals surface area contributed by atoms with Crippen LogP contribution in [0.15, 0.2) is 18.2 Å². The summed E-state index contributed by atoms with van der Waals surface area (Å²) in [5.74, 6) is 1.64. The summed E-state index contributed by atoms with van der Waals surface area (Å²) in [7, 11) is 0. The number of hydrogen-bond acceptors (Lipinski definition) is 3. The molecule has 0 saturated heterocycles. The molecule has 0 radical (unpaired) electrons. The summed E-state index contributed by atoms with van der Waals surface area (Å²) in [6.07, 6.45) is 25.1. The van der Waals surface area contributed by atoms with Crippen LogP contribution >= 0.6 is 0 Å². The summed E-state index contributed by atoms with van der Waals surface area (Å²) >= 11 is 0. The maximum atomic E-state index is 9.58. The molecule has 0 atom stereocenters. The first-order valence-corrected chi connectivity index (χ1v) is 14.3. The summed E-state index contributed by atoms with van der Waals surface area (Å²) in [6, 6.07) is 5.84. The van der Waals surface area contributed by atoms with Crippen LogP contribution in [0.25, 0.3) is 0 Å². The molecule has 33 heavy (non-hydrogen) atoms. The number of rotatable bonds is 24. The minimum Gasteiger partial charge on any atom is -0.493 e. The highest BCUT2D eigenvalue weighted by Gasteiger charge is 2.04. The molecule has 0 aliphatic heterocycles. The SMILES string of the molecule is CCCCCCCCCCCCOc1cc(CO)cc(OCCCCCCCCCCC)c1. The molecule has 0 aliphatic carbocycles. The van der Waals surface area contributed by atoms with Crippen molar-refractivity contribution in [3.63, 3.8) is 0 Å². The van der Waals surface area contributed by atoms with E-state index in [1.54, 1.807) is 0 Å². The molecule has 0 aromatic heterocycles. The van der Waals surface area contributed by atoms with Gasteiger partial charge in [0.15, 0.2) is 0 Å². The van der Waals surface area contributed by atoms with Crippen LogP contribution < -0.4 is 9.47 Å². The van der Waals surface area contributed by atoms with Gasteiger partial charge in [0.05, 0.1) is 19.8 Å². The second-order valence-corrected chi connectivity index (χ2v) is 9.68. The van der Waals surface area contributed by atoms with E-state index in [-0.39, 0.29) is 6.61 Å². The molecule has 1 N–H and O–H groups in total. The Morgan fingerprint density at radius 2 is 0.818 bits per heavy atom. The van der Waals surface area contributed by atoms with E-state index in [0.29, 0.717) is 0 Å². The smallest absolute Gasteiger partial charge is 0.123 e. The van der Waals surface area contributed by atoms with E-state index in [4.69, 9.17) is 9.47 Å². The lowest BCUT2D eigenvalue weighted by Crippen LogP contribution is -2.01. The molecule has 0 spiro atoms. The van der Waals surface area contributed by atoms with Crippen LogP contribution in [0.2, 0.25) is 0 Å². The van der Waals surface area contributed by atoms with Crippen LogP contribution in [0.3, 0.4) is 0 Å². The van der Waals surface area contributed by atoms with E-state index >= 15 is 0 Å². The number of hydrogen-bond donors (Lipinski definition) is 1. The van der Waals surface area contributed by atoms with Crippen molar-refractivity contribution in [3.8, 4) is 11.5 Å². The Morgan fingerprint density at radius 1 is 0.485 bits per heavy atom. The molecule has 0 aliphatic rings. The fraction of sp³-hybridized carbons (Fsp3) is 0.800. The zero-order valence-electron chi connectivity index (χ0n) is 22.1. The van der Waals surface area contributed by atoms with Gasteiger partial charge in [0.1, 0.15) is 11.5 Å². The third-order valence-electron chi connectivity index (χ3n) is 6.41. The molecular formula is C30H54O3. The highest BCUT2D eigenvalue weighted by Crippen LogP contribution is 2.24. The summed E-state index contributed by atoms with van der Waals surface area (Å²) in [6.45, 7) is 6.04. The molecule has 0 amide bonds. The monoisotopic (exact) mass is 462 g/mol. The van der Waals surface area contributed by atoms with Gasteiger partial charge < -0.3 is 14.6 Å². The standard InChI is InChI=1S/C30H54O3/c1-3-5-7-9-11-13-15-17-19-21-23-33-30-25-28(27-31)24-29(26-30)32-22-20-18-16-14-12-10-8-6-4-2/h24-26,31H,3-23,27H2,1-2H3. The van der Waals surface area contributed by atoms with Crippen LogP contribution in [0.4, 0.5) is 0 Å². The Labute approximate surface area is 205 Å². The van der Waals surface area contributed by atoms with Gasteiger partial charge >= 0.3 is 0 Å². The number of aliphatic hydroxyl groups is 1.